The molecule has 2 N–H and O–H groups in total. The molecule has 0 aliphatic rings. The van der Waals surface area contributed by atoms with E-state index in [0.29, 0.717) is 0 Å². The lowest BCUT2D eigenvalue weighted by Gasteiger charge is -2.26. The molecule has 102 valence electrons. The summed E-state index contributed by atoms with van der Waals surface area (Å²) in [5, 5.41) is 12.5. The number of nitrogens with one attached hydrogen (secondary N) is 1. The summed E-state index contributed by atoms with van der Waals surface area (Å²) in [6, 6.07) is 8.38. The molecule has 0 heterocycles. The molecule has 1 rings (SSSR count). The second-order valence-corrected chi connectivity index (χ2v) is 5.52. The summed E-state index contributed by atoms with van der Waals surface area (Å²) in [5.74, 6) is 0.885. The Morgan fingerprint density at radius 3 is 2.72 bits per heavy atom. The Morgan fingerprint density at radius 2 is 2.11 bits per heavy atom. The van der Waals surface area contributed by atoms with E-state index in [9.17, 15) is 0 Å². The number of hydrogen-bond acceptors (Lipinski definition) is 3. The predicted octanol–water partition coefficient (Wildman–Crippen LogP) is 2.75. The molecule has 3 nitrogen and oxygen atoms in total. The van der Waals surface area contributed by atoms with Crippen molar-refractivity contribution >= 4 is 0 Å². The van der Waals surface area contributed by atoms with Crippen LogP contribution in [0.25, 0.3) is 0 Å². The second-order valence-electron chi connectivity index (χ2n) is 5.52. The van der Waals surface area contributed by atoms with Gasteiger partial charge in [-0.25, -0.2) is 0 Å². The summed E-state index contributed by atoms with van der Waals surface area (Å²) in [5.41, 5.74) is 1.33. The Kier molecular flexibility index (Phi) is 5.63. The third kappa shape index (κ3) is 4.67. The minimum Gasteiger partial charge on any atom is -0.497 e. The first-order valence-corrected chi connectivity index (χ1v) is 6.47. The largest absolute Gasteiger partial charge is 0.497 e. The van der Waals surface area contributed by atoms with Crippen LogP contribution in [0.1, 0.15) is 38.8 Å². The molecule has 1 atom stereocenters. The number of benzene rings is 1. The summed E-state index contributed by atoms with van der Waals surface area (Å²) in [6.07, 6.45) is 0.810. The zero-order valence-corrected chi connectivity index (χ0v) is 11.9. The lowest BCUT2D eigenvalue weighted by molar-refractivity contribution is 0.203. The smallest absolute Gasteiger partial charge is 0.119 e. The van der Waals surface area contributed by atoms with E-state index in [2.05, 4.69) is 38.2 Å². The molecule has 0 saturated carbocycles. The SMILES string of the molecule is COc1cccc(C(C)NCC(C)(C)CCO)c1. The van der Waals surface area contributed by atoms with Crippen molar-refractivity contribution in [3.63, 3.8) is 0 Å². The number of aliphatic hydroxyl groups excluding tert-OH is 1. The Morgan fingerprint density at radius 1 is 1.39 bits per heavy atom. The van der Waals surface area contributed by atoms with Gasteiger partial charge >= 0.3 is 0 Å². The maximum atomic E-state index is 9.01. The summed E-state index contributed by atoms with van der Waals surface area (Å²) in [7, 11) is 1.68. The first-order valence-electron chi connectivity index (χ1n) is 6.47. The lowest BCUT2D eigenvalue weighted by atomic mass is 9.89. The van der Waals surface area contributed by atoms with E-state index >= 15 is 0 Å². The topological polar surface area (TPSA) is 41.5 Å². The Bertz CT molecular complexity index is 363. The number of ether oxygens (including phenoxy) is 1. The van der Waals surface area contributed by atoms with Crippen LogP contribution in [0.5, 0.6) is 5.75 Å². The van der Waals surface area contributed by atoms with Gasteiger partial charge in [-0.05, 0) is 36.5 Å². The van der Waals surface area contributed by atoms with Gasteiger partial charge in [-0.1, -0.05) is 26.0 Å². The number of rotatable bonds is 7. The highest BCUT2D eigenvalue weighted by Crippen LogP contribution is 2.22. The number of aliphatic hydroxyl groups is 1. The highest BCUT2D eigenvalue weighted by Gasteiger charge is 2.18. The summed E-state index contributed by atoms with van der Waals surface area (Å²) in [6.45, 7) is 7.58. The van der Waals surface area contributed by atoms with Gasteiger partial charge in [0, 0.05) is 19.2 Å². The van der Waals surface area contributed by atoms with Crippen molar-refractivity contribution in [2.75, 3.05) is 20.3 Å². The van der Waals surface area contributed by atoms with E-state index in [1.165, 1.54) is 5.56 Å². The van der Waals surface area contributed by atoms with Crippen LogP contribution in [-0.4, -0.2) is 25.4 Å². The van der Waals surface area contributed by atoms with Gasteiger partial charge in [0.25, 0.3) is 0 Å². The van der Waals surface area contributed by atoms with E-state index in [0.717, 1.165) is 18.7 Å². The van der Waals surface area contributed by atoms with Gasteiger partial charge in [0.15, 0.2) is 0 Å². The van der Waals surface area contributed by atoms with Crippen molar-refractivity contribution in [2.24, 2.45) is 5.41 Å². The van der Waals surface area contributed by atoms with Crippen LogP contribution >= 0.6 is 0 Å². The van der Waals surface area contributed by atoms with Crippen molar-refractivity contribution < 1.29 is 9.84 Å². The van der Waals surface area contributed by atoms with E-state index in [4.69, 9.17) is 9.84 Å². The molecule has 0 aliphatic carbocycles. The molecular formula is C15H25NO2. The molecule has 3 heteroatoms. The van der Waals surface area contributed by atoms with Gasteiger partial charge in [-0.15, -0.1) is 0 Å². The highest BCUT2D eigenvalue weighted by atomic mass is 16.5. The summed E-state index contributed by atoms with van der Waals surface area (Å²) >= 11 is 0. The maximum absolute atomic E-state index is 9.01. The maximum Gasteiger partial charge on any atom is 0.119 e. The zero-order chi connectivity index (χ0) is 13.6. The first-order chi connectivity index (χ1) is 8.48. The quantitative estimate of drug-likeness (QED) is 0.783. The van der Waals surface area contributed by atoms with Gasteiger partial charge in [-0.2, -0.15) is 0 Å². The Hall–Kier alpha value is -1.06. The predicted molar refractivity (Wildman–Crippen MR) is 74.9 cm³/mol. The molecule has 0 radical (unpaired) electrons. The molecule has 0 bridgehead atoms. The minimum atomic E-state index is 0.113. The molecule has 0 fully saturated rings. The average Bonchev–Trinajstić information content (AvgIpc) is 2.36. The van der Waals surface area contributed by atoms with Crippen LogP contribution < -0.4 is 10.1 Å². The van der Waals surface area contributed by atoms with Gasteiger partial charge in [-0.3, -0.25) is 0 Å². The second kappa shape index (κ2) is 6.76. The van der Waals surface area contributed by atoms with Crippen LogP contribution in [0.2, 0.25) is 0 Å². The fourth-order valence-corrected chi connectivity index (χ4v) is 1.85. The minimum absolute atomic E-state index is 0.113. The molecule has 18 heavy (non-hydrogen) atoms. The third-order valence-corrected chi connectivity index (χ3v) is 3.27. The molecular weight excluding hydrogens is 226 g/mol. The molecule has 0 aromatic heterocycles. The van der Waals surface area contributed by atoms with Gasteiger partial charge in [0.2, 0.25) is 0 Å². The van der Waals surface area contributed by atoms with E-state index in [-0.39, 0.29) is 18.1 Å². The van der Waals surface area contributed by atoms with Crippen molar-refractivity contribution in [3.8, 4) is 5.75 Å². The van der Waals surface area contributed by atoms with Crippen LogP contribution in [0.15, 0.2) is 24.3 Å². The highest BCUT2D eigenvalue weighted by molar-refractivity contribution is 5.30. The Balaban J connectivity index is 2.56. The third-order valence-electron chi connectivity index (χ3n) is 3.27. The lowest BCUT2D eigenvalue weighted by Crippen LogP contribution is -2.32. The van der Waals surface area contributed by atoms with Crippen LogP contribution in [0.4, 0.5) is 0 Å². The normalized spacial score (nSPS) is 13.4. The van der Waals surface area contributed by atoms with Crippen molar-refractivity contribution in [1.82, 2.24) is 5.32 Å². The fourth-order valence-electron chi connectivity index (χ4n) is 1.85. The van der Waals surface area contributed by atoms with Crippen molar-refractivity contribution in [3.05, 3.63) is 29.8 Å². The van der Waals surface area contributed by atoms with Gasteiger partial charge < -0.3 is 15.2 Å². The van der Waals surface area contributed by atoms with Crippen molar-refractivity contribution in [2.45, 2.75) is 33.2 Å². The number of methoxy groups -OCH3 is 1. The molecule has 0 amide bonds. The van der Waals surface area contributed by atoms with Crippen LogP contribution in [0.3, 0.4) is 0 Å². The molecule has 1 unspecified atom stereocenters. The first kappa shape index (κ1) is 15.0. The monoisotopic (exact) mass is 251 g/mol. The molecule has 0 saturated heterocycles. The van der Waals surface area contributed by atoms with E-state index in [1.54, 1.807) is 7.11 Å². The standard InChI is InChI=1S/C15H25NO2/c1-12(16-11-15(2,3)8-9-17)13-6-5-7-14(10-13)18-4/h5-7,10,12,16-17H,8-9,11H2,1-4H3. The van der Waals surface area contributed by atoms with Crippen molar-refractivity contribution in [1.29, 1.82) is 0 Å². The summed E-state index contributed by atoms with van der Waals surface area (Å²) < 4.78 is 5.23. The fraction of sp³-hybridized carbons (Fsp3) is 0.600. The van der Waals surface area contributed by atoms with E-state index < -0.39 is 0 Å². The molecule has 0 spiro atoms. The van der Waals surface area contributed by atoms with Gasteiger partial charge in [0.1, 0.15) is 5.75 Å². The zero-order valence-electron chi connectivity index (χ0n) is 11.9. The average molecular weight is 251 g/mol. The molecule has 0 aliphatic heterocycles. The van der Waals surface area contributed by atoms with Crippen LogP contribution in [-0.2, 0) is 0 Å². The summed E-state index contributed by atoms with van der Waals surface area (Å²) in [4.78, 5) is 0. The molecule has 1 aromatic rings. The van der Waals surface area contributed by atoms with Gasteiger partial charge in [0.05, 0.1) is 7.11 Å². The molecule has 1 aromatic carbocycles. The number of hydrogen-bond donors (Lipinski definition) is 2. The Labute approximate surface area is 110 Å². The van der Waals surface area contributed by atoms with E-state index in [1.807, 2.05) is 12.1 Å². The van der Waals surface area contributed by atoms with Crippen LogP contribution in [0, 0.1) is 5.41 Å².